The maximum absolute atomic E-state index is 5.98. The van der Waals surface area contributed by atoms with Gasteiger partial charge in [0.25, 0.3) is 0 Å². The number of hydrogen-bond donors (Lipinski definition) is 1. The van der Waals surface area contributed by atoms with E-state index in [9.17, 15) is 0 Å². The van der Waals surface area contributed by atoms with E-state index in [1.54, 1.807) is 0 Å². The second-order valence-electron chi connectivity index (χ2n) is 5.93. The lowest BCUT2D eigenvalue weighted by molar-refractivity contribution is 0.0137. The van der Waals surface area contributed by atoms with Crippen LogP contribution < -0.4 is 5.32 Å². The summed E-state index contributed by atoms with van der Waals surface area (Å²) < 4.78 is 5.98. The molecule has 0 aromatic carbocycles. The number of nitrogens with one attached hydrogen (secondary N) is 1. The highest BCUT2D eigenvalue weighted by molar-refractivity contribution is 4.70. The summed E-state index contributed by atoms with van der Waals surface area (Å²) in [4.78, 5) is 0. The fourth-order valence-corrected chi connectivity index (χ4v) is 2.79. The smallest absolute Gasteiger partial charge is 0.0577 e. The van der Waals surface area contributed by atoms with Crippen LogP contribution in [0.1, 0.15) is 71.6 Å². The summed E-state index contributed by atoms with van der Waals surface area (Å²) in [7, 11) is 0. The molecule has 108 valence electrons. The van der Waals surface area contributed by atoms with Gasteiger partial charge in [0, 0.05) is 6.61 Å². The van der Waals surface area contributed by atoms with E-state index in [1.165, 1.54) is 70.9 Å². The lowest BCUT2D eigenvalue weighted by Crippen LogP contribution is -2.21. The van der Waals surface area contributed by atoms with Crippen molar-refractivity contribution in [1.82, 2.24) is 5.32 Å². The van der Waals surface area contributed by atoms with Crippen molar-refractivity contribution in [2.75, 3.05) is 19.7 Å². The van der Waals surface area contributed by atoms with Crippen LogP contribution in [-0.2, 0) is 4.74 Å². The Morgan fingerprint density at radius 2 is 1.89 bits per heavy atom. The second kappa shape index (κ2) is 10.8. The molecule has 1 rings (SSSR count). The lowest BCUT2D eigenvalue weighted by atomic mass is 9.89. The van der Waals surface area contributed by atoms with Crippen molar-refractivity contribution in [3.63, 3.8) is 0 Å². The highest BCUT2D eigenvalue weighted by Crippen LogP contribution is 2.25. The van der Waals surface area contributed by atoms with Crippen molar-refractivity contribution in [2.45, 2.75) is 77.7 Å². The zero-order valence-electron chi connectivity index (χ0n) is 12.5. The first-order valence-electron chi connectivity index (χ1n) is 8.15. The van der Waals surface area contributed by atoms with Crippen LogP contribution in [-0.4, -0.2) is 25.8 Å². The van der Waals surface area contributed by atoms with Gasteiger partial charge in [-0.15, -0.1) is 0 Å². The number of unbranched alkanes of at least 4 members (excludes halogenated alkanes) is 3. The zero-order chi connectivity index (χ0) is 13.1. The molecule has 0 saturated heterocycles. The van der Waals surface area contributed by atoms with Gasteiger partial charge in [0.2, 0.25) is 0 Å². The molecule has 0 heterocycles. The third kappa shape index (κ3) is 8.10. The van der Waals surface area contributed by atoms with Crippen molar-refractivity contribution < 1.29 is 4.74 Å². The minimum atomic E-state index is 0.569. The van der Waals surface area contributed by atoms with E-state index in [0.29, 0.717) is 6.10 Å². The fraction of sp³-hybridized carbons (Fsp3) is 1.00. The molecular weight excluding hydrogens is 222 g/mol. The zero-order valence-corrected chi connectivity index (χ0v) is 12.5. The second-order valence-corrected chi connectivity index (χ2v) is 5.93. The van der Waals surface area contributed by atoms with Gasteiger partial charge in [-0.2, -0.15) is 0 Å². The Morgan fingerprint density at radius 3 is 2.67 bits per heavy atom. The molecular formula is C16H33NO. The largest absolute Gasteiger partial charge is 0.378 e. The fourth-order valence-electron chi connectivity index (χ4n) is 2.79. The van der Waals surface area contributed by atoms with Crippen molar-refractivity contribution in [3.8, 4) is 0 Å². The standard InChI is InChI=1S/C16H33NO/c1-3-11-17-12-6-4-5-7-13-18-16-10-8-9-15(2)14-16/h15-17H,3-14H2,1-2H3. The maximum Gasteiger partial charge on any atom is 0.0577 e. The monoisotopic (exact) mass is 255 g/mol. The van der Waals surface area contributed by atoms with Crippen molar-refractivity contribution in [3.05, 3.63) is 0 Å². The number of hydrogen-bond acceptors (Lipinski definition) is 2. The van der Waals surface area contributed by atoms with Gasteiger partial charge >= 0.3 is 0 Å². The molecule has 18 heavy (non-hydrogen) atoms. The van der Waals surface area contributed by atoms with Gasteiger partial charge in [0.1, 0.15) is 0 Å². The first-order chi connectivity index (χ1) is 8.83. The minimum absolute atomic E-state index is 0.569. The van der Waals surface area contributed by atoms with Gasteiger partial charge in [0.15, 0.2) is 0 Å². The Bertz CT molecular complexity index is 184. The number of ether oxygens (including phenoxy) is 1. The average molecular weight is 255 g/mol. The summed E-state index contributed by atoms with van der Waals surface area (Å²) in [6.07, 6.45) is 12.4. The van der Waals surface area contributed by atoms with Crippen LogP contribution in [0.5, 0.6) is 0 Å². The van der Waals surface area contributed by atoms with Gasteiger partial charge < -0.3 is 10.1 Å². The molecule has 1 aliphatic carbocycles. The molecule has 2 unspecified atom stereocenters. The molecule has 0 aromatic rings. The van der Waals surface area contributed by atoms with Crippen LogP contribution >= 0.6 is 0 Å². The summed E-state index contributed by atoms with van der Waals surface area (Å²) in [6.45, 7) is 7.92. The quantitative estimate of drug-likeness (QED) is 0.592. The molecule has 2 heteroatoms. The van der Waals surface area contributed by atoms with Gasteiger partial charge in [0.05, 0.1) is 6.10 Å². The SMILES string of the molecule is CCCNCCCCCCOC1CCCC(C)C1. The van der Waals surface area contributed by atoms with Gasteiger partial charge in [-0.25, -0.2) is 0 Å². The lowest BCUT2D eigenvalue weighted by Gasteiger charge is -2.26. The number of rotatable bonds is 10. The van der Waals surface area contributed by atoms with E-state index in [-0.39, 0.29) is 0 Å². The Labute approximate surface area is 114 Å². The topological polar surface area (TPSA) is 21.3 Å². The van der Waals surface area contributed by atoms with E-state index >= 15 is 0 Å². The van der Waals surface area contributed by atoms with E-state index in [0.717, 1.165) is 12.5 Å². The Morgan fingerprint density at radius 1 is 1.06 bits per heavy atom. The molecule has 1 fully saturated rings. The van der Waals surface area contributed by atoms with E-state index in [4.69, 9.17) is 4.74 Å². The van der Waals surface area contributed by atoms with Crippen LogP contribution in [0.4, 0.5) is 0 Å². The predicted octanol–water partition coefficient (Wildman–Crippen LogP) is 4.14. The molecule has 2 nitrogen and oxygen atoms in total. The van der Waals surface area contributed by atoms with Crippen LogP contribution in [0, 0.1) is 5.92 Å². The highest BCUT2D eigenvalue weighted by Gasteiger charge is 2.18. The van der Waals surface area contributed by atoms with Crippen LogP contribution in [0.2, 0.25) is 0 Å². The minimum Gasteiger partial charge on any atom is -0.378 e. The first kappa shape index (κ1) is 16.0. The van der Waals surface area contributed by atoms with Crippen molar-refractivity contribution in [1.29, 1.82) is 0 Å². The summed E-state index contributed by atoms with van der Waals surface area (Å²) in [6, 6.07) is 0. The Balaban J connectivity index is 1.80. The summed E-state index contributed by atoms with van der Waals surface area (Å²) in [5, 5.41) is 3.45. The summed E-state index contributed by atoms with van der Waals surface area (Å²) in [5.74, 6) is 0.883. The molecule has 1 N–H and O–H groups in total. The molecule has 2 atom stereocenters. The van der Waals surface area contributed by atoms with Crippen LogP contribution in [0.15, 0.2) is 0 Å². The van der Waals surface area contributed by atoms with Gasteiger partial charge in [-0.1, -0.05) is 39.5 Å². The summed E-state index contributed by atoms with van der Waals surface area (Å²) in [5.41, 5.74) is 0. The van der Waals surface area contributed by atoms with Crippen LogP contribution in [0.25, 0.3) is 0 Å². The molecule has 0 aromatic heterocycles. The molecule has 0 bridgehead atoms. The van der Waals surface area contributed by atoms with Crippen molar-refractivity contribution >= 4 is 0 Å². The summed E-state index contributed by atoms with van der Waals surface area (Å²) >= 11 is 0. The predicted molar refractivity (Wildman–Crippen MR) is 79.0 cm³/mol. The molecule has 1 aliphatic rings. The molecule has 0 radical (unpaired) electrons. The molecule has 0 amide bonds. The molecule has 0 aliphatic heterocycles. The van der Waals surface area contributed by atoms with Gasteiger partial charge in [-0.05, 0) is 51.1 Å². The third-order valence-electron chi connectivity index (χ3n) is 3.92. The molecule has 1 saturated carbocycles. The normalized spacial score (nSPS) is 24.3. The molecule has 0 spiro atoms. The highest BCUT2D eigenvalue weighted by atomic mass is 16.5. The third-order valence-corrected chi connectivity index (χ3v) is 3.92. The maximum atomic E-state index is 5.98. The van der Waals surface area contributed by atoms with Crippen LogP contribution in [0.3, 0.4) is 0 Å². The Kier molecular flexibility index (Phi) is 9.59. The Hall–Kier alpha value is -0.0800. The van der Waals surface area contributed by atoms with E-state index in [1.807, 2.05) is 0 Å². The van der Waals surface area contributed by atoms with E-state index in [2.05, 4.69) is 19.2 Å². The average Bonchev–Trinajstić information content (AvgIpc) is 2.37. The van der Waals surface area contributed by atoms with Crippen molar-refractivity contribution in [2.24, 2.45) is 5.92 Å². The van der Waals surface area contributed by atoms with E-state index < -0.39 is 0 Å². The first-order valence-corrected chi connectivity index (χ1v) is 8.15. The van der Waals surface area contributed by atoms with Gasteiger partial charge in [-0.3, -0.25) is 0 Å².